The average molecular weight is 280 g/mol. The van der Waals surface area contributed by atoms with E-state index in [9.17, 15) is 4.79 Å². The second kappa shape index (κ2) is 16.0. The summed E-state index contributed by atoms with van der Waals surface area (Å²) in [6, 6.07) is 0. The largest absolute Gasteiger partial charge is 0.466 e. The Bertz CT molecular complexity index is 267. The summed E-state index contributed by atoms with van der Waals surface area (Å²) in [6.07, 6.45) is 21.3. The number of carbonyl (C=O) groups is 1. The lowest BCUT2D eigenvalue weighted by Gasteiger charge is -2.03. The van der Waals surface area contributed by atoms with Gasteiger partial charge in [0, 0.05) is 6.92 Å². The Hall–Kier alpha value is -1.05. The van der Waals surface area contributed by atoms with E-state index in [0.29, 0.717) is 6.61 Å². The lowest BCUT2D eigenvalue weighted by Crippen LogP contribution is -2.00. The molecule has 0 atom stereocenters. The first-order valence-electron chi connectivity index (χ1n) is 8.18. The SMILES string of the molecule is CC=CC=CCCCCCCCCCCCOC(C)=O. The van der Waals surface area contributed by atoms with E-state index in [1.54, 1.807) is 0 Å². The summed E-state index contributed by atoms with van der Waals surface area (Å²) in [6.45, 7) is 4.10. The van der Waals surface area contributed by atoms with E-state index >= 15 is 0 Å². The minimum atomic E-state index is -0.162. The van der Waals surface area contributed by atoms with Gasteiger partial charge in [0.15, 0.2) is 0 Å². The standard InChI is InChI=1S/C18H32O2/c1-3-4-5-6-7-8-9-10-11-12-13-14-15-16-17-20-18(2)19/h3-6H,7-17H2,1-2H3. The van der Waals surface area contributed by atoms with E-state index in [2.05, 4.69) is 24.3 Å². The number of rotatable bonds is 13. The molecule has 0 aromatic heterocycles. The quantitative estimate of drug-likeness (QED) is 0.250. The molecule has 0 amide bonds. The van der Waals surface area contributed by atoms with E-state index in [4.69, 9.17) is 4.74 Å². The molecule has 0 aliphatic rings. The Labute approximate surface area is 125 Å². The van der Waals surface area contributed by atoms with Crippen LogP contribution in [0.25, 0.3) is 0 Å². The first-order valence-corrected chi connectivity index (χ1v) is 8.18. The molecule has 0 rings (SSSR count). The van der Waals surface area contributed by atoms with Crippen LogP contribution in [0.4, 0.5) is 0 Å². The molecular formula is C18H32O2. The Morgan fingerprint density at radius 3 is 1.95 bits per heavy atom. The highest BCUT2D eigenvalue weighted by atomic mass is 16.5. The van der Waals surface area contributed by atoms with Crippen molar-refractivity contribution in [1.29, 1.82) is 0 Å². The number of unbranched alkanes of at least 4 members (excludes halogenated alkanes) is 9. The lowest BCUT2D eigenvalue weighted by atomic mass is 10.1. The second-order valence-electron chi connectivity index (χ2n) is 5.26. The third-order valence-corrected chi connectivity index (χ3v) is 3.26. The van der Waals surface area contributed by atoms with Crippen LogP contribution in [0.5, 0.6) is 0 Å². The average Bonchev–Trinajstić information content (AvgIpc) is 2.43. The highest BCUT2D eigenvalue weighted by Gasteiger charge is 1.94. The molecule has 0 aliphatic carbocycles. The van der Waals surface area contributed by atoms with Crippen molar-refractivity contribution < 1.29 is 9.53 Å². The van der Waals surface area contributed by atoms with Crippen molar-refractivity contribution in [1.82, 2.24) is 0 Å². The minimum Gasteiger partial charge on any atom is -0.466 e. The number of hydrogen-bond acceptors (Lipinski definition) is 2. The van der Waals surface area contributed by atoms with Crippen LogP contribution in [0, 0.1) is 0 Å². The van der Waals surface area contributed by atoms with Crippen molar-refractivity contribution >= 4 is 5.97 Å². The van der Waals surface area contributed by atoms with E-state index in [-0.39, 0.29) is 5.97 Å². The summed E-state index contributed by atoms with van der Waals surface area (Å²) < 4.78 is 4.90. The Morgan fingerprint density at radius 2 is 1.40 bits per heavy atom. The molecule has 2 heteroatoms. The Balaban J connectivity index is 3.04. The first kappa shape index (κ1) is 18.9. The number of ether oxygens (including phenoxy) is 1. The van der Waals surface area contributed by atoms with Crippen molar-refractivity contribution in [2.75, 3.05) is 6.61 Å². The molecule has 20 heavy (non-hydrogen) atoms. The fourth-order valence-corrected chi connectivity index (χ4v) is 2.10. The van der Waals surface area contributed by atoms with Crippen molar-refractivity contribution in [3.63, 3.8) is 0 Å². The summed E-state index contributed by atoms with van der Waals surface area (Å²) in [7, 11) is 0. The van der Waals surface area contributed by atoms with Gasteiger partial charge in [-0.25, -0.2) is 0 Å². The molecule has 0 N–H and O–H groups in total. The van der Waals surface area contributed by atoms with Crippen molar-refractivity contribution in [3.8, 4) is 0 Å². The molecule has 0 radical (unpaired) electrons. The molecular weight excluding hydrogens is 248 g/mol. The number of hydrogen-bond donors (Lipinski definition) is 0. The van der Waals surface area contributed by atoms with Crippen LogP contribution in [0.1, 0.15) is 78.1 Å². The van der Waals surface area contributed by atoms with Gasteiger partial charge >= 0.3 is 5.97 Å². The summed E-state index contributed by atoms with van der Waals surface area (Å²) in [4.78, 5) is 10.5. The third-order valence-electron chi connectivity index (χ3n) is 3.26. The number of allylic oxidation sites excluding steroid dienone is 4. The summed E-state index contributed by atoms with van der Waals surface area (Å²) in [5.74, 6) is -0.162. The minimum absolute atomic E-state index is 0.162. The smallest absolute Gasteiger partial charge is 0.302 e. The van der Waals surface area contributed by atoms with Crippen molar-refractivity contribution in [2.24, 2.45) is 0 Å². The van der Waals surface area contributed by atoms with Crippen LogP contribution < -0.4 is 0 Å². The van der Waals surface area contributed by atoms with Gasteiger partial charge in [0.25, 0.3) is 0 Å². The van der Waals surface area contributed by atoms with Gasteiger partial charge in [-0.1, -0.05) is 69.2 Å². The van der Waals surface area contributed by atoms with Crippen LogP contribution in [0.3, 0.4) is 0 Å². The van der Waals surface area contributed by atoms with Crippen LogP contribution in [0.15, 0.2) is 24.3 Å². The highest BCUT2D eigenvalue weighted by Crippen LogP contribution is 2.10. The molecule has 0 aliphatic heterocycles. The van der Waals surface area contributed by atoms with Crippen LogP contribution >= 0.6 is 0 Å². The zero-order valence-corrected chi connectivity index (χ0v) is 13.4. The Kier molecular flexibility index (Phi) is 15.2. The molecule has 0 fully saturated rings. The molecule has 0 aromatic rings. The molecule has 0 unspecified atom stereocenters. The number of carbonyl (C=O) groups excluding carboxylic acids is 1. The summed E-state index contributed by atoms with van der Waals surface area (Å²) in [5, 5.41) is 0. The van der Waals surface area contributed by atoms with Crippen LogP contribution in [-0.2, 0) is 9.53 Å². The third kappa shape index (κ3) is 16.9. The predicted octanol–water partition coefficient (Wildman–Crippen LogP) is 5.58. The van der Waals surface area contributed by atoms with Gasteiger partial charge in [-0.05, 0) is 26.2 Å². The molecule has 0 bridgehead atoms. The van der Waals surface area contributed by atoms with E-state index in [1.165, 1.54) is 64.7 Å². The maximum absolute atomic E-state index is 10.5. The van der Waals surface area contributed by atoms with Gasteiger partial charge < -0.3 is 4.74 Å². The number of esters is 1. The first-order chi connectivity index (χ1) is 9.77. The molecule has 116 valence electrons. The second-order valence-corrected chi connectivity index (χ2v) is 5.26. The normalized spacial score (nSPS) is 11.5. The Morgan fingerprint density at radius 1 is 0.850 bits per heavy atom. The van der Waals surface area contributed by atoms with Gasteiger partial charge in [0.05, 0.1) is 6.61 Å². The lowest BCUT2D eigenvalue weighted by molar-refractivity contribution is -0.141. The monoisotopic (exact) mass is 280 g/mol. The maximum atomic E-state index is 10.5. The molecule has 0 spiro atoms. The zero-order valence-electron chi connectivity index (χ0n) is 13.4. The van der Waals surface area contributed by atoms with Crippen molar-refractivity contribution in [2.45, 2.75) is 78.1 Å². The topological polar surface area (TPSA) is 26.3 Å². The van der Waals surface area contributed by atoms with E-state index < -0.39 is 0 Å². The fourth-order valence-electron chi connectivity index (χ4n) is 2.10. The molecule has 0 heterocycles. The highest BCUT2D eigenvalue weighted by molar-refractivity contribution is 5.65. The summed E-state index contributed by atoms with van der Waals surface area (Å²) in [5.41, 5.74) is 0. The molecule has 0 saturated carbocycles. The van der Waals surface area contributed by atoms with Gasteiger partial charge in [0.2, 0.25) is 0 Å². The summed E-state index contributed by atoms with van der Waals surface area (Å²) >= 11 is 0. The van der Waals surface area contributed by atoms with E-state index in [0.717, 1.165) is 6.42 Å². The predicted molar refractivity (Wildman–Crippen MR) is 86.8 cm³/mol. The fraction of sp³-hybridized carbons (Fsp3) is 0.722. The van der Waals surface area contributed by atoms with Crippen LogP contribution in [0.2, 0.25) is 0 Å². The van der Waals surface area contributed by atoms with Crippen molar-refractivity contribution in [3.05, 3.63) is 24.3 Å². The van der Waals surface area contributed by atoms with Gasteiger partial charge in [-0.15, -0.1) is 0 Å². The van der Waals surface area contributed by atoms with Gasteiger partial charge in [0.1, 0.15) is 0 Å². The van der Waals surface area contributed by atoms with Gasteiger partial charge in [-0.3, -0.25) is 4.79 Å². The molecule has 0 aromatic carbocycles. The van der Waals surface area contributed by atoms with Crippen LogP contribution in [-0.4, -0.2) is 12.6 Å². The zero-order chi connectivity index (χ0) is 14.9. The molecule has 0 saturated heterocycles. The van der Waals surface area contributed by atoms with E-state index in [1.807, 2.05) is 6.92 Å². The maximum Gasteiger partial charge on any atom is 0.302 e. The molecule has 2 nitrogen and oxygen atoms in total. The van der Waals surface area contributed by atoms with Gasteiger partial charge in [-0.2, -0.15) is 0 Å².